The molecule has 110 valence electrons. The number of aliphatic hydroxyl groups excluding tert-OH is 1. The van der Waals surface area contributed by atoms with Crippen LogP contribution in [0.3, 0.4) is 0 Å². The van der Waals surface area contributed by atoms with Crippen LogP contribution in [0.25, 0.3) is 15.3 Å². The zero-order valence-corrected chi connectivity index (χ0v) is 13.0. The Morgan fingerprint density at radius 3 is 3.10 bits per heavy atom. The molecular formula is C14H15N3O2S2. The summed E-state index contributed by atoms with van der Waals surface area (Å²) in [6, 6.07) is 2.22. The second-order valence-corrected chi connectivity index (χ2v) is 7.18. The van der Waals surface area contributed by atoms with Crippen molar-refractivity contribution in [3.8, 4) is 0 Å². The monoisotopic (exact) mass is 321 g/mol. The Balaban J connectivity index is 1.69. The molecular weight excluding hydrogens is 306 g/mol. The Kier molecular flexibility index (Phi) is 3.20. The van der Waals surface area contributed by atoms with Gasteiger partial charge in [0.25, 0.3) is 5.91 Å². The first kappa shape index (κ1) is 13.2. The van der Waals surface area contributed by atoms with E-state index in [1.807, 2.05) is 26.9 Å². The lowest BCUT2D eigenvalue weighted by Crippen LogP contribution is -2.45. The minimum atomic E-state index is 0.0150. The first-order valence-electron chi connectivity index (χ1n) is 7.05. The van der Waals surface area contributed by atoms with Crippen molar-refractivity contribution in [2.75, 3.05) is 13.2 Å². The van der Waals surface area contributed by atoms with Crippen LogP contribution < -0.4 is 0 Å². The molecule has 4 rings (SSSR count). The van der Waals surface area contributed by atoms with Gasteiger partial charge in [-0.1, -0.05) is 0 Å². The van der Waals surface area contributed by atoms with Gasteiger partial charge in [-0.25, -0.2) is 4.98 Å². The van der Waals surface area contributed by atoms with Crippen LogP contribution in [0.1, 0.15) is 28.9 Å². The van der Waals surface area contributed by atoms with Crippen molar-refractivity contribution in [3.63, 3.8) is 0 Å². The quantitative estimate of drug-likeness (QED) is 0.803. The molecule has 0 aliphatic heterocycles. The summed E-state index contributed by atoms with van der Waals surface area (Å²) in [5.74, 6) is 0.0285. The largest absolute Gasteiger partial charge is 0.395 e. The summed E-state index contributed by atoms with van der Waals surface area (Å²) in [4.78, 5) is 21.6. The predicted molar refractivity (Wildman–Crippen MR) is 84.2 cm³/mol. The molecule has 3 aromatic heterocycles. The fourth-order valence-corrected chi connectivity index (χ4v) is 4.51. The number of carbonyl (C=O) groups is 1. The van der Waals surface area contributed by atoms with Crippen molar-refractivity contribution in [2.24, 2.45) is 0 Å². The highest BCUT2D eigenvalue weighted by Crippen LogP contribution is 2.31. The Morgan fingerprint density at radius 2 is 2.38 bits per heavy atom. The third kappa shape index (κ3) is 2.07. The van der Waals surface area contributed by atoms with E-state index in [1.54, 1.807) is 11.3 Å². The van der Waals surface area contributed by atoms with Crippen LogP contribution in [0.15, 0.2) is 17.6 Å². The maximum atomic E-state index is 12.7. The molecule has 1 aliphatic rings. The highest BCUT2D eigenvalue weighted by Gasteiger charge is 2.30. The highest BCUT2D eigenvalue weighted by atomic mass is 32.1. The SMILES string of the molecule is O=C(c1cc2c(nc3sccn32)s1)N(CCO)C1CCC1. The van der Waals surface area contributed by atoms with Gasteiger partial charge in [0.05, 0.1) is 17.0 Å². The van der Waals surface area contributed by atoms with Crippen molar-refractivity contribution in [1.82, 2.24) is 14.3 Å². The molecule has 1 saturated carbocycles. The number of hydrogen-bond donors (Lipinski definition) is 1. The van der Waals surface area contributed by atoms with E-state index in [4.69, 9.17) is 0 Å². The lowest BCUT2D eigenvalue weighted by Gasteiger charge is -2.37. The number of aliphatic hydroxyl groups is 1. The third-order valence-corrected chi connectivity index (χ3v) is 5.83. The van der Waals surface area contributed by atoms with Crippen molar-refractivity contribution < 1.29 is 9.90 Å². The number of aromatic nitrogens is 2. The van der Waals surface area contributed by atoms with Crippen LogP contribution in [0.5, 0.6) is 0 Å². The number of amides is 1. The number of imidazole rings is 1. The number of thiophene rings is 1. The van der Waals surface area contributed by atoms with Gasteiger partial charge < -0.3 is 10.0 Å². The summed E-state index contributed by atoms with van der Waals surface area (Å²) in [6.07, 6.45) is 5.24. The fourth-order valence-electron chi connectivity index (χ4n) is 2.75. The van der Waals surface area contributed by atoms with Crippen molar-refractivity contribution in [3.05, 3.63) is 22.5 Å². The zero-order chi connectivity index (χ0) is 14.4. The molecule has 0 aromatic carbocycles. The normalized spacial score (nSPS) is 15.7. The van der Waals surface area contributed by atoms with Gasteiger partial charge in [-0.05, 0) is 25.3 Å². The summed E-state index contributed by atoms with van der Waals surface area (Å²) in [5.41, 5.74) is 0.997. The molecule has 3 heterocycles. The first-order valence-corrected chi connectivity index (χ1v) is 8.74. The van der Waals surface area contributed by atoms with E-state index in [2.05, 4.69) is 4.98 Å². The summed E-state index contributed by atoms with van der Waals surface area (Å²) < 4.78 is 2.02. The van der Waals surface area contributed by atoms with Crippen LogP contribution in [0.4, 0.5) is 0 Å². The lowest BCUT2D eigenvalue weighted by molar-refractivity contribution is 0.0531. The topological polar surface area (TPSA) is 57.8 Å². The van der Waals surface area contributed by atoms with Gasteiger partial charge >= 0.3 is 0 Å². The predicted octanol–water partition coefficient (Wildman–Crippen LogP) is 2.60. The summed E-state index contributed by atoms with van der Waals surface area (Å²) in [7, 11) is 0. The van der Waals surface area contributed by atoms with Gasteiger partial charge in [0, 0.05) is 24.2 Å². The number of carbonyl (C=O) groups excluding carboxylic acids is 1. The van der Waals surface area contributed by atoms with Gasteiger partial charge in [-0.3, -0.25) is 9.20 Å². The maximum Gasteiger partial charge on any atom is 0.264 e. The number of thiazole rings is 1. The molecule has 1 aliphatic carbocycles. The fraction of sp³-hybridized carbons (Fsp3) is 0.429. The van der Waals surface area contributed by atoms with E-state index >= 15 is 0 Å². The number of fused-ring (bicyclic) bond motifs is 3. The van der Waals surface area contributed by atoms with Crippen LogP contribution in [0.2, 0.25) is 0 Å². The molecule has 0 spiro atoms. The summed E-state index contributed by atoms with van der Waals surface area (Å²) >= 11 is 3.04. The van der Waals surface area contributed by atoms with Crippen molar-refractivity contribution in [2.45, 2.75) is 25.3 Å². The van der Waals surface area contributed by atoms with E-state index in [-0.39, 0.29) is 12.5 Å². The second kappa shape index (κ2) is 5.08. The van der Waals surface area contributed by atoms with Crippen molar-refractivity contribution in [1.29, 1.82) is 0 Å². The number of rotatable bonds is 4. The third-order valence-electron chi connectivity index (χ3n) is 4.07. The standard InChI is InChI=1S/C14H15N3O2S2/c18-6-4-16(9-2-1-3-9)13(19)11-8-10-12(21-11)15-14-17(10)5-7-20-14/h5,7-9,18H,1-4,6H2. The minimum absolute atomic E-state index is 0.0150. The van der Waals surface area contributed by atoms with Crippen molar-refractivity contribution >= 4 is 43.9 Å². The molecule has 0 unspecified atom stereocenters. The molecule has 0 radical (unpaired) electrons. The van der Waals surface area contributed by atoms with E-state index in [0.717, 1.165) is 28.1 Å². The summed E-state index contributed by atoms with van der Waals surface area (Å²) in [5, 5.41) is 11.2. The molecule has 1 amide bonds. The molecule has 1 fully saturated rings. The molecule has 21 heavy (non-hydrogen) atoms. The van der Waals surface area contributed by atoms with Gasteiger partial charge in [-0.2, -0.15) is 0 Å². The van der Waals surface area contributed by atoms with Crippen LogP contribution in [-0.4, -0.2) is 44.5 Å². The smallest absolute Gasteiger partial charge is 0.264 e. The maximum absolute atomic E-state index is 12.7. The average Bonchev–Trinajstić information content (AvgIpc) is 3.06. The molecule has 1 N–H and O–H groups in total. The van der Waals surface area contributed by atoms with Gasteiger partial charge in [-0.15, -0.1) is 22.7 Å². The Morgan fingerprint density at radius 1 is 1.52 bits per heavy atom. The van der Waals surface area contributed by atoms with Crippen LogP contribution in [-0.2, 0) is 0 Å². The van der Waals surface area contributed by atoms with Crippen LogP contribution in [0, 0.1) is 0 Å². The molecule has 7 heteroatoms. The number of nitrogens with zero attached hydrogens (tertiary/aromatic N) is 3. The molecule has 5 nitrogen and oxygen atoms in total. The molecule has 0 saturated heterocycles. The van der Waals surface area contributed by atoms with E-state index in [0.29, 0.717) is 17.5 Å². The lowest BCUT2D eigenvalue weighted by atomic mass is 9.91. The average molecular weight is 321 g/mol. The Bertz CT molecular complexity index is 800. The van der Waals surface area contributed by atoms with Gasteiger partial charge in [0.1, 0.15) is 4.83 Å². The summed E-state index contributed by atoms with van der Waals surface area (Å²) in [6.45, 7) is 0.432. The Labute approximate surface area is 129 Å². The number of hydrogen-bond acceptors (Lipinski definition) is 5. The van der Waals surface area contributed by atoms with Crippen LogP contribution >= 0.6 is 22.7 Å². The first-order chi connectivity index (χ1) is 10.3. The van der Waals surface area contributed by atoms with E-state index in [9.17, 15) is 9.90 Å². The molecule has 0 atom stereocenters. The molecule has 0 bridgehead atoms. The molecule has 3 aromatic rings. The Hall–Kier alpha value is -1.44. The highest BCUT2D eigenvalue weighted by molar-refractivity contribution is 7.21. The van der Waals surface area contributed by atoms with Gasteiger partial charge in [0.15, 0.2) is 4.96 Å². The van der Waals surface area contributed by atoms with E-state index in [1.165, 1.54) is 17.8 Å². The minimum Gasteiger partial charge on any atom is -0.395 e. The van der Waals surface area contributed by atoms with E-state index < -0.39 is 0 Å². The van der Waals surface area contributed by atoms with Gasteiger partial charge in [0.2, 0.25) is 0 Å². The second-order valence-electron chi connectivity index (χ2n) is 5.28. The zero-order valence-electron chi connectivity index (χ0n) is 11.4.